The molecule has 1 aliphatic carbocycles. The zero-order valence-corrected chi connectivity index (χ0v) is 45.2. The van der Waals surface area contributed by atoms with Crippen LogP contribution < -0.4 is 27.0 Å². The number of carbonyl (C=O) groups excluding carboxylic acids is 4. The third kappa shape index (κ3) is 12.7. The Hall–Kier alpha value is -7.90. The fourth-order valence-electron chi connectivity index (χ4n) is 10.9. The van der Waals surface area contributed by atoms with Crippen LogP contribution in [0.15, 0.2) is 128 Å². The Morgan fingerprint density at radius 3 is 2.30 bits per heavy atom. The number of rotatable bonds is 20. The minimum atomic E-state index is -1.07. The maximum absolute atomic E-state index is 14.1. The van der Waals surface area contributed by atoms with E-state index in [0.29, 0.717) is 70.1 Å². The van der Waals surface area contributed by atoms with Crippen LogP contribution in [0.2, 0.25) is 5.02 Å². The number of aryl methyl sites for hydroxylation is 1. The first-order valence-corrected chi connectivity index (χ1v) is 27.5. The number of fused-ring (bicyclic) bond motifs is 4. The standard InChI is InChI=1S/C60H67ClN12O6/c1-2-40-8-7-9-42(34-40)43-35-51(62)54(66-36-43)57(75)65-23-32-78-33-31-73(59(77)79-38-50-47-12-5-3-10-45(47)46-11-4-6-13-48(46)50)37-53(74)71-29-27-70(28-30-71)24-19-52(41-14-16-44(61)17-15-41)69-58(76)60(63)20-25-72(26-21-60)56-49-18-22-64-55(49)67-39-68-56/h3-18,22,34-36,39,50,52H,2,19-21,23-33,37-38,62-63H2,1H3,(H,65,75)(H,69,76)(H,64,67,68)/t52-/m0/s1. The molecule has 5 heterocycles. The SMILES string of the molecule is CCc1cccc(-c2cnc(C(=O)NCCOCCN(CC(=O)N3CCN(CC[C@H](NC(=O)C4(N)CCN(c5ncnc6[nH]ccc56)CC4)c4ccc(Cl)cc4)CC3)C(=O)OCC3c4ccccc4-c4ccccc43)c(N)c2)c1. The molecule has 4 amide bonds. The van der Waals surface area contributed by atoms with E-state index in [1.807, 2.05) is 72.9 Å². The summed E-state index contributed by atoms with van der Waals surface area (Å²) < 4.78 is 12.0. The number of hydrogen-bond acceptors (Lipinski definition) is 13. The largest absolute Gasteiger partial charge is 0.448 e. The van der Waals surface area contributed by atoms with Gasteiger partial charge in [-0.05, 0) is 88.9 Å². The molecule has 0 radical (unpaired) electrons. The van der Waals surface area contributed by atoms with Gasteiger partial charge in [0.1, 0.15) is 30.9 Å². The number of nitrogens with zero attached hydrogens (tertiary/aromatic N) is 7. The molecule has 0 unspecified atom stereocenters. The Morgan fingerprint density at radius 2 is 1.58 bits per heavy atom. The van der Waals surface area contributed by atoms with Gasteiger partial charge in [-0.1, -0.05) is 103 Å². The molecule has 4 aromatic carbocycles. The van der Waals surface area contributed by atoms with E-state index in [0.717, 1.165) is 62.2 Å². The number of H-pyrrole nitrogens is 1. The first kappa shape index (κ1) is 54.5. The molecular formula is C60H67ClN12O6. The predicted molar refractivity (Wildman–Crippen MR) is 305 cm³/mol. The zero-order chi connectivity index (χ0) is 54.9. The van der Waals surface area contributed by atoms with Gasteiger partial charge in [0, 0.05) is 87.8 Å². The van der Waals surface area contributed by atoms with E-state index >= 15 is 0 Å². The number of nitrogens with two attached hydrogens (primary N) is 2. The van der Waals surface area contributed by atoms with Crippen LogP contribution in [0.1, 0.15) is 70.9 Å². The summed E-state index contributed by atoms with van der Waals surface area (Å²) in [7, 11) is 0. The lowest BCUT2D eigenvalue weighted by atomic mass is 9.87. The van der Waals surface area contributed by atoms with Gasteiger partial charge >= 0.3 is 6.09 Å². The van der Waals surface area contributed by atoms with Crippen molar-refractivity contribution >= 4 is 58.0 Å². The number of aromatic nitrogens is 4. The van der Waals surface area contributed by atoms with Gasteiger partial charge in [-0.2, -0.15) is 0 Å². The number of benzene rings is 4. The number of aromatic amines is 1. The highest BCUT2D eigenvalue weighted by Crippen LogP contribution is 2.44. The van der Waals surface area contributed by atoms with E-state index < -0.39 is 17.5 Å². The molecule has 7 N–H and O–H groups in total. The number of anilines is 2. The number of amides is 4. The van der Waals surface area contributed by atoms with Gasteiger partial charge in [0.2, 0.25) is 11.8 Å². The van der Waals surface area contributed by atoms with Gasteiger partial charge in [0.05, 0.1) is 35.9 Å². The van der Waals surface area contributed by atoms with Crippen molar-refractivity contribution in [2.45, 2.75) is 50.1 Å². The summed E-state index contributed by atoms with van der Waals surface area (Å²) >= 11 is 6.30. The second kappa shape index (κ2) is 24.8. The van der Waals surface area contributed by atoms with Crippen molar-refractivity contribution in [2.24, 2.45) is 5.73 Å². The summed E-state index contributed by atoms with van der Waals surface area (Å²) in [5, 5.41) is 7.64. The highest BCUT2D eigenvalue weighted by molar-refractivity contribution is 6.30. The first-order valence-electron chi connectivity index (χ1n) is 27.1. The third-order valence-corrected chi connectivity index (χ3v) is 15.8. The van der Waals surface area contributed by atoms with Crippen LogP contribution in [0.25, 0.3) is 33.3 Å². The fraction of sp³-hybridized carbons (Fsp3) is 0.350. The predicted octanol–water partition coefficient (Wildman–Crippen LogP) is 7.21. The highest BCUT2D eigenvalue weighted by Gasteiger charge is 2.40. The number of piperidine rings is 1. The monoisotopic (exact) mass is 1090 g/mol. The summed E-state index contributed by atoms with van der Waals surface area (Å²) in [6.07, 6.45) is 6.79. The van der Waals surface area contributed by atoms with Crippen molar-refractivity contribution in [2.75, 3.05) is 95.9 Å². The Kier molecular flexibility index (Phi) is 17.1. The molecule has 0 spiro atoms. The normalized spacial score (nSPS) is 15.5. The molecule has 0 bridgehead atoms. The molecule has 410 valence electrons. The van der Waals surface area contributed by atoms with Crippen molar-refractivity contribution in [3.63, 3.8) is 0 Å². The number of halogens is 1. The van der Waals surface area contributed by atoms with Crippen molar-refractivity contribution < 1.29 is 28.7 Å². The van der Waals surface area contributed by atoms with Crippen molar-refractivity contribution in [3.8, 4) is 22.3 Å². The van der Waals surface area contributed by atoms with E-state index in [-0.39, 0.29) is 74.6 Å². The van der Waals surface area contributed by atoms with Crippen LogP contribution in [-0.2, 0) is 25.5 Å². The molecule has 2 saturated heterocycles. The lowest BCUT2D eigenvalue weighted by Crippen LogP contribution is -2.60. The molecule has 19 heteroatoms. The van der Waals surface area contributed by atoms with Gasteiger partial charge in [-0.15, -0.1) is 0 Å². The summed E-state index contributed by atoms with van der Waals surface area (Å²) in [5.41, 5.74) is 21.6. The van der Waals surface area contributed by atoms with Crippen LogP contribution in [0, 0.1) is 0 Å². The van der Waals surface area contributed by atoms with Gasteiger partial charge in [0.15, 0.2) is 5.69 Å². The van der Waals surface area contributed by atoms with Gasteiger partial charge < -0.3 is 46.4 Å². The van der Waals surface area contributed by atoms with Gasteiger partial charge in [-0.25, -0.2) is 19.7 Å². The topological polar surface area (TPSA) is 230 Å². The number of carbonyl (C=O) groups is 4. The molecule has 18 nitrogen and oxygen atoms in total. The highest BCUT2D eigenvalue weighted by atomic mass is 35.5. The fourth-order valence-corrected chi connectivity index (χ4v) is 11.0. The summed E-state index contributed by atoms with van der Waals surface area (Å²) in [6.45, 7) is 6.30. The Balaban J connectivity index is 0.728. The second-order valence-corrected chi connectivity index (χ2v) is 20.9. The summed E-state index contributed by atoms with van der Waals surface area (Å²) in [5.74, 6) is -0.188. The number of nitrogens with one attached hydrogen (secondary N) is 3. The van der Waals surface area contributed by atoms with E-state index in [1.165, 1.54) is 10.5 Å². The number of pyridine rings is 1. The Labute approximate surface area is 464 Å². The van der Waals surface area contributed by atoms with Crippen molar-refractivity contribution in [1.29, 1.82) is 0 Å². The maximum Gasteiger partial charge on any atom is 0.410 e. The third-order valence-electron chi connectivity index (χ3n) is 15.5. The van der Waals surface area contributed by atoms with Crippen molar-refractivity contribution in [3.05, 3.63) is 161 Å². The minimum Gasteiger partial charge on any atom is -0.448 e. The molecule has 10 rings (SSSR count). The molecule has 2 aliphatic heterocycles. The molecule has 79 heavy (non-hydrogen) atoms. The van der Waals surface area contributed by atoms with Gasteiger partial charge in [-0.3, -0.25) is 24.2 Å². The molecule has 1 atom stereocenters. The van der Waals surface area contributed by atoms with Crippen LogP contribution >= 0.6 is 11.6 Å². The molecule has 3 aliphatic rings. The number of ether oxygens (including phenoxy) is 2. The van der Waals surface area contributed by atoms with Crippen LogP contribution in [0.5, 0.6) is 0 Å². The number of piperazine rings is 1. The van der Waals surface area contributed by atoms with E-state index in [2.05, 4.69) is 83.7 Å². The molecule has 3 aromatic heterocycles. The Bertz CT molecular complexity index is 3240. The second-order valence-electron chi connectivity index (χ2n) is 20.5. The van der Waals surface area contributed by atoms with Crippen LogP contribution in [0.4, 0.5) is 16.3 Å². The minimum absolute atomic E-state index is 0.0741. The quantitative estimate of drug-likeness (QED) is 0.0476. The average Bonchev–Trinajstić information content (AvgIpc) is 4.26. The first-order chi connectivity index (χ1) is 38.4. The van der Waals surface area contributed by atoms with Crippen LogP contribution in [-0.4, -0.2) is 149 Å². The lowest BCUT2D eigenvalue weighted by molar-refractivity contribution is -0.134. The van der Waals surface area contributed by atoms with Crippen molar-refractivity contribution in [1.82, 2.24) is 45.3 Å². The number of hydrogen-bond donors (Lipinski definition) is 5. The Morgan fingerprint density at radius 1 is 0.848 bits per heavy atom. The molecule has 2 fully saturated rings. The maximum atomic E-state index is 14.1. The number of nitrogen functional groups attached to an aromatic ring is 1. The average molecular weight is 1090 g/mol. The molecule has 0 saturated carbocycles. The molecular weight excluding hydrogens is 1020 g/mol. The zero-order valence-electron chi connectivity index (χ0n) is 44.4. The van der Waals surface area contributed by atoms with E-state index in [9.17, 15) is 19.2 Å². The summed E-state index contributed by atoms with van der Waals surface area (Å²) in [4.78, 5) is 79.4. The van der Waals surface area contributed by atoms with Gasteiger partial charge in [0.25, 0.3) is 5.91 Å². The van der Waals surface area contributed by atoms with E-state index in [1.54, 1.807) is 23.5 Å². The van der Waals surface area contributed by atoms with E-state index in [4.69, 9.17) is 32.5 Å². The lowest BCUT2D eigenvalue weighted by Gasteiger charge is -2.40. The van der Waals surface area contributed by atoms with Crippen LogP contribution in [0.3, 0.4) is 0 Å². The molecule has 7 aromatic rings. The summed E-state index contributed by atoms with van der Waals surface area (Å²) in [6, 6.07) is 35.2. The smallest absolute Gasteiger partial charge is 0.410 e.